The highest BCUT2D eigenvalue weighted by atomic mass is 19.1. The van der Waals surface area contributed by atoms with Gasteiger partial charge in [-0.2, -0.15) is 9.97 Å². The Balaban J connectivity index is 1.31. The molecule has 2 bridgehead atoms. The number of para-hydroxylation sites is 1. The van der Waals surface area contributed by atoms with Gasteiger partial charge in [0.25, 0.3) is 0 Å². The van der Waals surface area contributed by atoms with Gasteiger partial charge in [0, 0.05) is 36.9 Å². The van der Waals surface area contributed by atoms with Crippen molar-refractivity contribution in [2.24, 2.45) is 0 Å². The lowest BCUT2D eigenvalue weighted by Gasteiger charge is -2.34. The molecule has 0 saturated carbocycles. The average Bonchev–Trinajstić information content (AvgIpc) is 3.57. The predicted octanol–water partition coefficient (Wildman–Crippen LogP) is 3.48. The standard InChI is InChI=1S/C27H31FN6O2/c28-22-23(19-5-1-2-6-21(19)35)29-13-20-24(22)31-26(36-16-27-9-3-11-34(27)12-4-10-27)32-25(20)33-14-17-7-8-18(15-33)30-17/h1-2,5-6,13,17-18,30,35H,3-4,7-12,14-16H2. The van der Waals surface area contributed by atoms with E-state index in [0.717, 1.165) is 51.9 Å². The van der Waals surface area contributed by atoms with Crippen molar-refractivity contribution in [3.05, 3.63) is 36.3 Å². The molecule has 3 aromatic rings. The molecule has 7 rings (SSSR count). The molecule has 0 amide bonds. The number of phenols is 1. The number of phenolic OH excluding ortho intramolecular Hbond substituents is 1. The maximum absolute atomic E-state index is 16.0. The van der Waals surface area contributed by atoms with Crippen molar-refractivity contribution in [2.45, 2.75) is 56.1 Å². The van der Waals surface area contributed by atoms with E-state index in [0.29, 0.717) is 35.5 Å². The minimum atomic E-state index is -0.567. The Bertz CT molecular complexity index is 1300. The van der Waals surface area contributed by atoms with Crippen molar-refractivity contribution in [1.82, 2.24) is 25.2 Å². The summed E-state index contributed by atoms with van der Waals surface area (Å²) in [4.78, 5) is 18.6. The minimum absolute atomic E-state index is 0.0191. The van der Waals surface area contributed by atoms with Crippen molar-refractivity contribution in [3.8, 4) is 23.0 Å². The fourth-order valence-electron chi connectivity index (χ4n) is 6.82. The molecule has 8 nitrogen and oxygen atoms in total. The van der Waals surface area contributed by atoms with Gasteiger partial charge >= 0.3 is 6.01 Å². The monoisotopic (exact) mass is 490 g/mol. The van der Waals surface area contributed by atoms with E-state index in [1.807, 2.05) is 0 Å². The maximum atomic E-state index is 16.0. The number of fused-ring (bicyclic) bond motifs is 4. The number of piperazine rings is 1. The third-order valence-electron chi connectivity index (χ3n) is 8.60. The second-order valence-electron chi connectivity index (χ2n) is 10.8. The summed E-state index contributed by atoms with van der Waals surface area (Å²) >= 11 is 0. The van der Waals surface area contributed by atoms with Crippen LogP contribution in [0.25, 0.3) is 22.2 Å². The molecule has 36 heavy (non-hydrogen) atoms. The van der Waals surface area contributed by atoms with E-state index in [1.165, 1.54) is 18.9 Å². The first-order chi connectivity index (χ1) is 17.6. The van der Waals surface area contributed by atoms with Crippen molar-refractivity contribution >= 4 is 16.7 Å². The van der Waals surface area contributed by atoms with Crippen molar-refractivity contribution in [2.75, 3.05) is 37.7 Å². The number of benzene rings is 1. The van der Waals surface area contributed by atoms with E-state index in [9.17, 15) is 5.11 Å². The van der Waals surface area contributed by atoms with Crippen LogP contribution >= 0.6 is 0 Å². The first-order valence-electron chi connectivity index (χ1n) is 13.1. The van der Waals surface area contributed by atoms with Crippen molar-refractivity contribution in [1.29, 1.82) is 0 Å². The van der Waals surface area contributed by atoms with E-state index in [2.05, 4.69) is 25.1 Å². The molecule has 2 aromatic heterocycles. The van der Waals surface area contributed by atoms with Crippen LogP contribution in [-0.4, -0.2) is 75.4 Å². The van der Waals surface area contributed by atoms with E-state index >= 15 is 4.39 Å². The molecular formula is C27H31FN6O2. The summed E-state index contributed by atoms with van der Waals surface area (Å²) in [6.45, 7) is 4.36. The molecule has 2 atom stereocenters. The molecule has 6 heterocycles. The number of hydrogen-bond donors (Lipinski definition) is 2. The van der Waals surface area contributed by atoms with Crippen LogP contribution in [-0.2, 0) is 0 Å². The molecule has 4 saturated heterocycles. The van der Waals surface area contributed by atoms with Gasteiger partial charge in [0.2, 0.25) is 0 Å². The van der Waals surface area contributed by atoms with Gasteiger partial charge in [0.05, 0.1) is 10.9 Å². The van der Waals surface area contributed by atoms with Gasteiger partial charge in [0.15, 0.2) is 5.82 Å². The Labute approximate surface area is 209 Å². The molecule has 4 aliphatic rings. The summed E-state index contributed by atoms with van der Waals surface area (Å²) in [5.74, 6) is 0.0901. The SMILES string of the molecule is Oc1ccccc1-c1ncc2c(N3CC4CCC(C3)N4)nc(OCC34CCCN3CCC4)nc2c1F. The van der Waals surface area contributed by atoms with Crippen LogP contribution in [0.2, 0.25) is 0 Å². The van der Waals surface area contributed by atoms with Crippen molar-refractivity contribution < 1.29 is 14.2 Å². The Morgan fingerprint density at radius 1 is 1.08 bits per heavy atom. The molecule has 2 unspecified atom stereocenters. The fraction of sp³-hybridized carbons (Fsp3) is 0.519. The summed E-state index contributed by atoms with van der Waals surface area (Å²) in [5, 5.41) is 14.6. The molecular weight excluding hydrogens is 459 g/mol. The zero-order chi connectivity index (χ0) is 24.3. The number of hydrogen-bond acceptors (Lipinski definition) is 8. The van der Waals surface area contributed by atoms with E-state index in [1.54, 1.807) is 24.4 Å². The third-order valence-corrected chi connectivity index (χ3v) is 8.60. The highest BCUT2D eigenvalue weighted by Crippen LogP contribution is 2.40. The van der Waals surface area contributed by atoms with Gasteiger partial charge in [-0.3, -0.25) is 9.88 Å². The minimum Gasteiger partial charge on any atom is -0.507 e. The number of nitrogens with zero attached hydrogens (tertiary/aromatic N) is 5. The van der Waals surface area contributed by atoms with Gasteiger partial charge < -0.3 is 20.1 Å². The van der Waals surface area contributed by atoms with Gasteiger partial charge in [-0.1, -0.05) is 12.1 Å². The highest BCUT2D eigenvalue weighted by molar-refractivity contribution is 5.92. The van der Waals surface area contributed by atoms with Gasteiger partial charge in [-0.15, -0.1) is 0 Å². The van der Waals surface area contributed by atoms with Crippen LogP contribution in [0.1, 0.15) is 38.5 Å². The summed E-state index contributed by atoms with van der Waals surface area (Å²) in [5.41, 5.74) is 0.644. The molecule has 0 aliphatic carbocycles. The Morgan fingerprint density at radius 3 is 2.58 bits per heavy atom. The van der Waals surface area contributed by atoms with Crippen LogP contribution in [0.5, 0.6) is 11.8 Å². The predicted molar refractivity (Wildman–Crippen MR) is 135 cm³/mol. The molecule has 0 radical (unpaired) electrons. The third kappa shape index (κ3) is 3.59. The number of anilines is 1. The number of nitrogens with one attached hydrogen (secondary N) is 1. The first-order valence-corrected chi connectivity index (χ1v) is 13.1. The zero-order valence-electron chi connectivity index (χ0n) is 20.3. The average molecular weight is 491 g/mol. The quantitative estimate of drug-likeness (QED) is 0.562. The summed E-state index contributed by atoms with van der Waals surface area (Å²) in [7, 11) is 0. The molecule has 4 aliphatic heterocycles. The number of pyridine rings is 1. The number of halogens is 1. The molecule has 0 spiro atoms. The number of rotatable bonds is 5. The van der Waals surface area contributed by atoms with Crippen molar-refractivity contribution in [3.63, 3.8) is 0 Å². The number of ether oxygens (including phenoxy) is 1. The number of aromatic nitrogens is 3. The Morgan fingerprint density at radius 2 is 1.83 bits per heavy atom. The highest BCUT2D eigenvalue weighted by Gasteiger charge is 2.45. The second-order valence-corrected chi connectivity index (χ2v) is 10.8. The van der Waals surface area contributed by atoms with Crippen LogP contribution < -0.4 is 15.0 Å². The molecule has 188 valence electrons. The van der Waals surface area contributed by atoms with E-state index < -0.39 is 5.82 Å². The second kappa shape index (κ2) is 8.52. The molecule has 4 fully saturated rings. The van der Waals surface area contributed by atoms with Gasteiger partial charge in [-0.25, -0.2) is 4.39 Å². The van der Waals surface area contributed by atoms with Crippen LogP contribution in [0, 0.1) is 5.82 Å². The van der Waals surface area contributed by atoms with E-state index in [4.69, 9.17) is 9.72 Å². The Kier molecular flexibility index (Phi) is 5.25. The van der Waals surface area contributed by atoms with E-state index in [-0.39, 0.29) is 28.5 Å². The lowest BCUT2D eigenvalue weighted by atomic mass is 9.95. The van der Waals surface area contributed by atoms with Crippen LogP contribution in [0.15, 0.2) is 30.5 Å². The maximum Gasteiger partial charge on any atom is 0.319 e. The number of aromatic hydroxyl groups is 1. The summed E-state index contributed by atoms with van der Waals surface area (Å²) < 4.78 is 22.3. The normalized spacial score (nSPS) is 25.0. The Hall–Kier alpha value is -3.04. The lowest BCUT2D eigenvalue weighted by molar-refractivity contribution is 0.108. The lowest BCUT2D eigenvalue weighted by Crippen LogP contribution is -2.51. The molecule has 2 N–H and O–H groups in total. The zero-order valence-corrected chi connectivity index (χ0v) is 20.3. The smallest absolute Gasteiger partial charge is 0.319 e. The topological polar surface area (TPSA) is 86.6 Å². The first kappa shape index (κ1) is 22.2. The molecule has 1 aromatic carbocycles. The fourth-order valence-corrected chi connectivity index (χ4v) is 6.82. The van der Waals surface area contributed by atoms with Gasteiger partial charge in [0.1, 0.15) is 29.4 Å². The summed E-state index contributed by atoms with van der Waals surface area (Å²) in [6.07, 6.45) is 8.50. The molecule has 9 heteroatoms. The largest absolute Gasteiger partial charge is 0.507 e. The van der Waals surface area contributed by atoms with Crippen LogP contribution in [0.3, 0.4) is 0 Å². The summed E-state index contributed by atoms with van der Waals surface area (Å²) in [6, 6.07) is 7.67. The van der Waals surface area contributed by atoms with Crippen LogP contribution in [0.4, 0.5) is 10.2 Å². The van der Waals surface area contributed by atoms with Gasteiger partial charge in [-0.05, 0) is 63.7 Å².